The van der Waals surface area contributed by atoms with Crippen molar-refractivity contribution in [3.8, 4) is 0 Å². The topological polar surface area (TPSA) is 94.3 Å². The number of hydrogen-bond donors (Lipinski definition) is 0. The third-order valence-electron chi connectivity index (χ3n) is 2.38. The average molecular weight is 418 g/mol. The van der Waals surface area contributed by atoms with Gasteiger partial charge in [-0.05, 0) is 34.7 Å². The summed E-state index contributed by atoms with van der Waals surface area (Å²) in [5, 5.41) is 10.5. The molecule has 9 heteroatoms. The molecule has 0 saturated heterocycles. The maximum absolute atomic E-state index is 12.1. The van der Waals surface area contributed by atoms with E-state index in [1.807, 2.05) is 0 Å². The highest BCUT2D eigenvalue weighted by Crippen LogP contribution is 2.35. The van der Waals surface area contributed by atoms with Gasteiger partial charge in [0.05, 0.1) is 10.7 Å². The summed E-state index contributed by atoms with van der Waals surface area (Å²) in [5.41, 5.74) is -0.185. The maximum Gasteiger partial charge on any atom is 0.269 e. The van der Waals surface area contributed by atoms with Crippen molar-refractivity contribution in [3.05, 3.63) is 39.9 Å². The van der Waals surface area contributed by atoms with Gasteiger partial charge in [-0.1, -0.05) is 18.5 Å². The molecule has 1 unspecified atom stereocenters. The fourth-order valence-electron chi connectivity index (χ4n) is 1.23. The van der Waals surface area contributed by atoms with Gasteiger partial charge in [-0.2, -0.15) is 0 Å². The Bertz CT molecular complexity index is 611. The number of alkyl halides is 2. The van der Waals surface area contributed by atoms with Gasteiger partial charge in [-0.15, -0.1) is 0 Å². The van der Waals surface area contributed by atoms with Crippen LogP contribution in [0.1, 0.15) is 17.3 Å². The van der Waals surface area contributed by atoms with Gasteiger partial charge < -0.3 is 0 Å². The van der Waals surface area contributed by atoms with Crippen LogP contribution in [0.2, 0.25) is 0 Å². The lowest BCUT2D eigenvalue weighted by molar-refractivity contribution is -0.384. The number of nitro benzene ring substituents is 1. The first-order valence-corrected chi connectivity index (χ1v) is 8.13. The van der Waals surface area contributed by atoms with Gasteiger partial charge in [0.15, 0.2) is 9.84 Å². The molecule has 1 aromatic carbocycles. The molecule has 0 aromatic heterocycles. The molecular formula is C10H9ClINO5S. The summed E-state index contributed by atoms with van der Waals surface area (Å²) in [6.45, 7) is 1.38. The van der Waals surface area contributed by atoms with Crippen LogP contribution in [0.5, 0.6) is 0 Å². The number of benzene rings is 1. The SMILES string of the molecule is CCS(=O)(=O)C(Cl)(I)C(=O)c1ccc([N+](=O)[O-])cc1. The zero-order valence-electron chi connectivity index (χ0n) is 9.67. The van der Waals surface area contributed by atoms with E-state index < -0.39 is 22.8 Å². The van der Waals surface area contributed by atoms with E-state index in [9.17, 15) is 23.3 Å². The minimum Gasteiger partial charge on any atom is -0.290 e. The van der Waals surface area contributed by atoms with E-state index in [1.165, 1.54) is 41.6 Å². The summed E-state index contributed by atoms with van der Waals surface area (Å²) in [5.74, 6) is -1.09. The lowest BCUT2D eigenvalue weighted by atomic mass is 10.1. The smallest absolute Gasteiger partial charge is 0.269 e. The molecule has 0 radical (unpaired) electrons. The van der Waals surface area contributed by atoms with Gasteiger partial charge in [0.1, 0.15) is 0 Å². The number of sulfone groups is 1. The van der Waals surface area contributed by atoms with E-state index in [4.69, 9.17) is 11.6 Å². The van der Waals surface area contributed by atoms with E-state index in [-0.39, 0.29) is 17.0 Å². The number of rotatable bonds is 5. The number of carbonyl (C=O) groups excluding carboxylic acids is 1. The molecule has 0 aliphatic carbocycles. The highest BCUT2D eigenvalue weighted by Gasteiger charge is 2.45. The van der Waals surface area contributed by atoms with E-state index >= 15 is 0 Å². The Morgan fingerprint density at radius 2 is 1.89 bits per heavy atom. The zero-order chi connectivity index (χ0) is 14.8. The third kappa shape index (κ3) is 3.23. The molecule has 104 valence electrons. The number of ketones is 1. The highest BCUT2D eigenvalue weighted by molar-refractivity contribution is 14.1. The predicted octanol–water partition coefficient (Wildman–Crippen LogP) is 2.54. The Morgan fingerprint density at radius 1 is 1.42 bits per heavy atom. The van der Waals surface area contributed by atoms with Crippen LogP contribution in [-0.2, 0) is 9.84 Å². The van der Waals surface area contributed by atoms with Crippen LogP contribution in [0.25, 0.3) is 0 Å². The standard InChI is InChI=1S/C10H9ClINO5S/c1-2-19(17,18)10(11,12)9(14)7-3-5-8(6-4-7)13(15)16/h3-6H,2H2,1H3. The van der Waals surface area contributed by atoms with E-state index in [0.717, 1.165) is 12.1 Å². The van der Waals surface area contributed by atoms with Crippen LogP contribution < -0.4 is 0 Å². The minimum absolute atomic E-state index is 0.00650. The largest absolute Gasteiger partial charge is 0.290 e. The van der Waals surface area contributed by atoms with Crippen LogP contribution in [0, 0.1) is 10.1 Å². The molecule has 0 amide bonds. The van der Waals surface area contributed by atoms with Gasteiger partial charge in [0, 0.05) is 17.7 Å². The van der Waals surface area contributed by atoms with Crippen molar-refractivity contribution in [1.82, 2.24) is 0 Å². The number of non-ortho nitro benzene ring substituents is 1. The molecule has 0 saturated carbocycles. The molecule has 0 spiro atoms. The molecule has 0 heterocycles. The summed E-state index contributed by atoms with van der Waals surface area (Å²) >= 11 is 7.19. The van der Waals surface area contributed by atoms with Crippen LogP contribution in [0.15, 0.2) is 24.3 Å². The molecule has 6 nitrogen and oxygen atoms in total. The molecule has 0 bridgehead atoms. The highest BCUT2D eigenvalue weighted by atomic mass is 127. The van der Waals surface area contributed by atoms with E-state index in [0.29, 0.717) is 0 Å². The van der Waals surface area contributed by atoms with Gasteiger partial charge in [0.2, 0.25) is 5.78 Å². The summed E-state index contributed by atoms with van der Waals surface area (Å²) in [7, 11) is -3.80. The number of hydrogen-bond acceptors (Lipinski definition) is 5. The average Bonchev–Trinajstić information content (AvgIpc) is 2.37. The van der Waals surface area contributed by atoms with Crippen LogP contribution in [0.4, 0.5) is 5.69 Å². The molecule has 0 aliphatic heterocycles. The lowest BCUT2D eigenvalue weighted by Gasteiger charge is -2.18. The van der Waals surface area contributed by atoms with Crippen molar-refractivity contribution >= 4 is 55.5 Å². The molecule has 0 aliphatic rings. The molecular weight excluding hydrogens is 409 g/mol. The second-order valence-corrected chi connectivity index (χ2v) is 9.75. The van der Waals surface area contributed by atoms with Crippen molar-refractivity contribution in [3.63, 3.8) is 0 Å². The van der Waals surface area contributed by atoms with Crippen molar-refractivity contribution < 1.29 is 18.1 Å². The normalized spacial score (nSPS) is 14.7. The Kier molecular flexibility index (Phi) is 4.91. The van der Waals surface area contributed by atoms with Crippen molar-refractivity contribution in [2.24, 2.45) is 0 Å². The van der Waals surface area contributed by atoms with Gasteiger partial charge in [0.25, 0.3) is 7.90 Å². The quantitative estimate of drug-likeness (QED) is 0.241. The first-order valence-electron chi connectivity index (χ1n) is 5.03. The summed E-state index contributed by atoms with van der Waals surface area (Å²) in [6, 6.07) is 4.60. The third-order valence-corrected chi connectivity index (χ3v) is 7.48. The van der Waals surface area contributed by atoms with E-state index in [2.05, 4.69) is 0 Å². The Labute approximate surface area is 128 Å². The minimum atomic E-state index is -3.80. The Morgan fingerprint density at radius 3 is 2.26 bits per heavy atom. The summed E-state index contributed by atoms with van der Waals surface area (Å²) < 4.78 is 21.4. The Hall–Kier alpha value is -0.740. The zero-order valence-corrected chi connectivity index (χ0v) is 13.4. The monoisotopic (exact) mass is 417 g/mol. The van der Waals surface area contributed by atoms with Gasteiger partial charge in [-0.3, -0.25) is 14.9 Å². The lowest BCUT2D eigenvalue weighted by Crippen LogP contribution is -2.36. The van der Waals surface area contributed by atoms with Crippen LogP contribution in [-0.4, -0.2) is 27.1 Å². The van der Waals surface area contributed by atoms with Gasteiger partial charge in [-0.25, -0.2) is 8.42 Å². The molecule has 0 N–H and O–H groups in total. The first-order chi connectivity index (χ1) is 8.63. The summed E-state index contributed by atoms with van der Waals surface area (Å²) in [6.07, 6.45) is 0. The fraction of sp³-hybridized carbons (Fsp3) is 0.300. The number of Topliss-reactive ketones (excluding diaryl/α,β-unsaturated/α-hetero) is 1. The second kappa shape index (κ2) is 5.71. The molecule has 19 heavy (non-hydrogen) atoms. The number of halogens is 2. The maximum atomic E-state index is 12.1. The number of nitrogens with zero attached hydrogens (tertiary/aromatic N) is 1. The summed E-state index contributed by atoms with van der Waals surface area (Å²) in [4.78, 5) is 21.9. The molecule has 0 fully saturated rings. The van der Waals surface area contributed by atoms with Crippen LogP contribution in [0.3, 0.4) is 0 Å². The Balaban J connectivity index is 3.17. The van der Waals surface area contributed by atoms with Crippen molar-refractivity contribution in [2.75, 3.05) is 5.75 Å². The van der Waals surface area contributed by atoms with Gasteiger partial charge >= 0.3 is 0 Å². The molecule has 1 aromatic rings. The fourth-order valence-corrected chi connectivity index (χ4v) is 3.67. The van der Waals surface area contributed by atoms with Crippen molar-refractivity contribution in [1.29, 1.82) is 0 Å². The second-order valence-electron chi connectivity index (χ2n) is 3.55. The molecule has 1 rings (SSSR count). The molecule has 1 atom stereocenters. The van der Waals surface area contributed by atoms with E-state index in [1.54, 1.807) is 0 Å². The number of carbonyl (C=O) groups is 1. The van der Waals surface area contributed by atoms with Crippen molar-refractivity contribution in [2.45, 2.75) is 9.14 Å². The first kappa shape index (κ1) is 16.3. The number of nitro groups is 1. The van der Waals surface area contributed by atoms with Crippen LogP contribution >= 0.6 is 34.2 Å². The predicted molar refractivity (Wildman–Crippen MR) is 79.5 cm³/mol.